The van der Waals surface area contributed by atoms with E-state index in [0.29, 0.717) is 0 Å². The van der Waals surface area contributed by atoms with E-state index in [2.05, 4.69) is 0 Å². The number of methoxy groups -OCH3 is 2. The molecule has 0 spiro atoms. The predicted octanol–water partition coefficient (Wildman–Crippen LogP) is 2.65. The Bertz CT molecular complexity index is 511. The van der Waals surface area contributed by atoms with E-state index >= 15 is 0 Å². The fourth-order valence-corrected chi connectivity index (χ4v) is 1.91. The molecule has 0 saturated heterocycles. The zero-order valence-electron chi connectivity index (χ0n) is 10.8. The summed E-state index contributed by atoms with van der Waals surface area (Å²) < 4.78 is 15.7. The molecule has 18 heavy (non-hydrogen) atoms. The Morgan fingerprint density at radius 3 is 2.17 bits per heavy atom. The van der Waals surface area contributed by atoms with Crippen LogP contribution in [0.4, 0.5) is 0 Å². The van der Waals surface area contributed by atoms with Crippen molar-refractivity contribution in [3.8, 4) is 11.5 Å². The average Bonchev–Trinajstić information content (AvgIpc) is 2.83. The van der Waals surface area contributed by atoms with Gasteiger partial charge in [-0.3, -0.25) is 0 Å². The molecule has 0 radical (unpaired) electrons. The van der Waals surface area contributed by atoms with Crippen LogP contribution in [0.15, 0.2) is 34.9 Å². The molecule has 1 heterocycles. The number of hydrogen-bond acceptors (Lipinski definition) is 4. The van der Waals surface area contributed by atoms with E-state index < -0.39 is 0 Å². The summed E-state index contributed by atoms with van der Waals surface area (Å²) in [5.74, 6) is 2.27. The van der Waals surface area contributed by atoms with Crippen LogP contribution in [-0.2, 0) is 0 Å². The molecule has 0 aliphatic heterocycles. The standard InChI is InChI=1S/C14H17NO3/c1-9-13(4-5-18-9)14(15)10-6-11(16-2)8-12(7-10)17-3/h4-8,14H,15H2,1-3H3. The van der Waals surface area contributed by atoms with E-state index in [1.165, 1.54) is 0 Å². The zero-order valence-corrected chi connectivity index (χ0v) is 10.8. The number of hydrogen-bond donors (Lipinski definition) is 1. The first kappa shape index (κ1) is 12.5. The van der Waals surface area contributed by atoms with Crippen molar-refractivity contribution in [2.24, 2.45) is 5.73 Å². The number of nitrogens with two attached hydrogens (primary N) is 1. The second-order valence-electron chi connectivity index (χ2n) is 4.06. The van der Waals surface area contributed by atoms with Crippen LogP contribution in [0.1, 0.15) is 22.9 Å². The lowest BCUT2D eigenvalue weighted by molar-refractivity contribution is 0.393. The van der Waals surface area contributed by atoms with Crippen molar-refractivity contribution in [3.63, 3.8) is 0 Å². The maximum Gasteiger partial charge on any atom is 0.122 e. The second kappa shape index (κ2) is 5.14. The molecule has 4 heteroatoms. The predicted molar refractivity (Wildman–Crippen MR) is 69.0 cm³/mol. The summed E-state index contributed by atoms with van der Waals surface area (Å²) in [6.45, 7) is 1.90. The van der Waals surface area contributed by atoms with Crippen LogP contribution in [0, 0.1) is 6.92 Å². The van der Waals surface area contributed by atoms with Crippen molar-refractivity contribution in [1.82, 2.24) is 0 Å². The van der Waals surface area contributed by atoms with E-state index in [0.717, 1.165) is 28.4 Å². The molecule has 4 nitrogen and oxygen atoms in total. The topological polar surface area (TPSA) is 57.6 Å². The molecule has 0 saturated carbocycles. The highest BCUT2D eigenvalue weighted by molar-refractivity contribution is 5.43. The van der Waals surface area contributed by atoms with Crippen LogP contribution in [0.3, 0.4) is 0 Å². The average molecular weight is 247 g/mol. The largest absolute Gasteiger partial charge is 0.497 e. The van der Waals surface area contributed by atoms with Gasteiger partial charge in [-0.1, -0.05) is 0 Å². The highest BCUT2D eigenvalue weighted by Crippen LogP contribution is 2.30. The SMILES string of the molecule is COc1cc(OC)cc(C(N)c2ccoc2C)c1. The number of furan rings is 1. The summed E-state index contributed by atoms with van der Waals surface area (Å²) >= 11 is 0. The van der Waals surface area contributed by atoms with E-state index in [-0.39, 0.29) is 6.04 Å². The van der Waals surface area contributed by atoms with Crippen molar-refractivity contribution in [2.75, 3.05) is 14.2 Å². The molecule has 2 rings (SSSR count). The van der Waals surface area contributed by atoms with Gasteiger partial charge in [-0.2, -0.15) is 0 Å². The summed E-state index contributed by atoms with van der Waals surface area (Å²) in [6.07, 6.45) is 1.64. The van der Waals surface area contributed by atoms with E-state index in [1.54, 1.807) is 20.5 Å². The van der Waals surface area contributed by atoms with E-state index in [9.17, 15) is 0 Å². The van der Waals surface area contributed by atoms with Crippen LogP contribution < -0.4 is 15.2 Å². The van der Waals surface area contributed by atoms with Gasteiger partial charge in [0.15, 0.2) is 0 Å². The van der Waals surface area contributed by atoms with Crippen molar-refractivity contribution < 1.29 is 13.9 Å². The van der Waals surface area contributed by atoms with Crippen molar-refractivity contribution in [2.45, 2.75) is 13.0 Å². The fourth-order valence-electron chi connectivity index (χ4n) is 1.91. The van der Waals surface area contributed by atoms with E-state index in [1.807, 2.05) is 31.2 Å². The van der Waals surface area contributed by atoms with Crippen LogP contribution in [0.5, 0.6) is 11.5 Å². The quantitative estimate of drug-likeness (QED) is 0.902. The second-order valence-corrected chi connectivity index (χ2v) is 4.06. The van der Waals surface area contributed by atoms with Gasteiger partial charge >= 0.3 is 0 Å². The van der Waals surface area contributed by atoms with Crippen molar-refractivity contribution >= 4 is 0 Å². The lowest BCUT2D eigenvalue weighted by Crippen LogP contribution is -2.12. The minimum absolute atomic E-state index is 0.257. The summed E-state index contributed by atoms with van der Waals surface area (Å²) in [5, 5.41) is 0. The minimum atomic E-state index is -0.257. The van der Waals surface area contributed by atoms with Gasteiger partial charge in [0.25, 0.3) is 0 Å². The van der Waals surface area contributed by atoms with Gasteiger partial charge in [0.05, 0.1) is 26.5 Å². The highest BCUT2D eigenvalue weighted by atomic mass is 16.5. The first-order valence-corrected chi connectivity index (χ1v) is 5.68. The van der Waals surface area contributed by atoms with Gasteiger partial charge in [0.1, 0.15) is 17.3 Å². The molecule has 0 aliphatic rings. The zero-order chi connectivity index (χ0) is 13.1. The van der Waals surface area contributed by atoms with Gasteiger partial charge in [-0.05, 0) is 30.7 Å². The molecule has 1 atom stereocenters. The molecule has 1 unspecified atom stereocenters. The Morgan fingerprint density at radius 1 is 1.11 bits per heavy atom. The Balaban J connectivity index is 2.41. The number of ether oxygens (including phenoxy) is 2. The van der Waals surface area contributed by atoms with Gasteiger partial charge in [0.2, 0.25) is 0 Å². The first-order valence-electron chi connectivity index (χ1n) is 5.68. The molecular formula is C14H17NO3. The third-order valence-electron chi connectivity index (χ3n) is 2.97. The number of rotatable bonds is 4. The molecule has 96 valence electrons. The Labute approximate surface area is 106 Å². The summed E-state index contributed by atoms with van der Waals surface area (Å²) in [4.78, 5) is 0. The van der Waals surface area contributed by atoms with Crippen LogP contribution in [0.25, 0.3) is 0 Å². The Hall–Kier alpha value is -1.94. The third-order valence-corrected chi connectivity index (χ3v) is 2.97. The third kappa shape index (κ3) is 2.33. The molecule has 2 N–H and O–H groups in total. The van der Waals surface area contributed by atoms with E-state index in [4.69, 9.17) is 19.6 Å². The number of benzene rings is 1. The molecule has 2 aromatic rings. The summed E-state index contributed by atoms with van der Waals surface area (Å²) in [6, 6.07) is 7.25. The molecule has 1 aromatic heterocycles. The Kier molecular flexibility index (Phi) is 3.58. The Morgan fingerprint density at radius 2 is 1.72 bits per heavy atom. The van der Waals surface area contributed by atoms with Crippen LogP contribution >= 0.6 is 0 Å². The molecule has 0 amide bonds. The minimum Gasteiger partial charge on any atom is -0.497 e. The molecule has 0 fully saturated rings. The normalized spacial score (nSPS) is 12.2. The van der Waals surface area contributed by atoms with Crippen molar-refractivity contribution in [3.05, 3.63) is 47.4 Å². The summed E-state index contributed by atoms with van der Waals surface area (Å²) in [5.41, 5.74) is 8.13. The lowest BCUT2D eigenvalue weighted by atomic mass is 10.00. The van der Waals surface area contributed by atoms with Crippen molar-refractivity contribution in [1.29, 1.82) is 0 Å². The number of aryl methyl sites for hydroxylation is 1. The fraction of sp³-hybridized carbons (Fsp3) is 0.286. The molecule has 0 aliphatic carbocycles. The van der Waals surface area contributed by atoms with Gasteiger partial charge in [0, 0.05) is 11.6 Å². The monoisotopic (exact) mass is 247 g/mol. The first-order chi connectivity index (χ1) is 8.65. The summed E-state index contributed by atoms with van der Waals surface area (Å²) in [7, 11) is 3.24. The molecule has 1 aromatic carbocycles. The lowest BCUT2D eigenvalue weighted by Gasteiger charge is -2.14. The van der Waals surface area contributed by atoms with Gasteiger partial charge in [-0.25, -0.2) is 0 Å². The highest BCUT2D eigenvalue weighted by Gasteiger charge is 2.15. The molecule has 0 bridgehead atoms. The maximum absolute atomic E-state index is 6.24. The van der Waals surface area contributed by atoms with Crippen LogP contribution in [-0.4, -0.2) is 14.2 Å². The maximum atomic E-state index is 6.24. The van der Waals surface area contributed by atoms with Gasteiger partial charge in [-0.15, -0.1) is 0 Å². The van der Waals surface area contributed by atoms with Crippen LogP contribution in [0.2, 0.25) is 0 Å². The van der Waals surface area contributed by atoms with Gasteiger partial charge < -0.3 is 19.6 Å². The molecular weight excluding hydrogens is 230 g/mol. The smallest absolute Gasteiger partial charge is 0.122 e.